The first-order valence-corrected chi connectivity index (χ1v) is 8.76. The molecule has 1 amide bonds. The number of carbonyl (C=O) groups excluding carboxylic acids is 1. The molecule has 2 nitrogen and oxygen atoms in total. The first-order chi connectivity index (χ1) is 11.2. The van der Waals surface area contributed by atoms with Gasteiger partial charge in [-0.05, 0) is 54.2 Å². The highest BCUT2D eigenvalue weighted by Crippen LogP contribution is 2.57. The van der Waals surface area contributed by atoms with Gasteiger partial charge in [-0.3, -0.25) is 4.79 Å². The molecule has 2 saturated carbocycles. The quantitative estimate of drug-likeness (QED) is 0.777. The highest BCUT2D eigenvalue weighted by molar-refractivity contribution is 6.09. The number of carbonyl (C=O) groups is 1. The standard InChI is InChI=1S/C19H22F3NO/c1-11(2)13-9-14(13)12-4-5-15-16(8-12)23(10-19(20,21)22)17(24)18(15)6-3-7-18/h4-5,8,11,13-14H,3,6-7,9-10H2,1-2H3/t13-,14-/m1/s1. The Morgan fingerprint density at radius 1 is 1.29 bits per heavy atom. The summed E-state index contributed by atoms with van der Waals surface area (Å²) in [5.74, 6) is 1.26. The first kappa shape index (κ1) is 16.0. The molecule has 0 radical (unpaired) electrons. The summed E-state index contributed by atoms with van der Waals surface area (Å²) in [5, 5.41) is 0. The number of hydrogen-bond donors (Lipinski definition) is 0. The third-order valence-electron chi connectivity index (χ3n) is 6.15. The summed E-state index contributed by atoms with van der Waals surface area (Å²) in [6.07, 6.45) is -1.03. The fourth-order valence-corrected chi connectivity index (χ4v) is 4.57. The van der Waals surface area contributed by atoms with Crippen LogP contribution >= 0.6 is 0 Å². The molecule has 0 unspecified atom stereocenters. The van der Waals surface area contributed by atoms with Crippen molar-refractivity contribution in [2.45, 2.75) is 57.0 Å². The molecule has 24 heavy (non-hydrogen) atoms. The van der Waals surface area contributed by atoms with Gasteiger partial charge in [0.15, 0.2) is 0 Å². The maximum absolute atomic E-state index is 13.0. The molecule has 0 saturated heterocycles. The minimum atomic E-state index is -4.38. The monoisotopic (exact) mass is 337 g/mol. The molecule has 2 fully saturated rings. The van der Waals surface area contributed by atoms with Gasteiger partial charge in [-0.1, -0.05) is 32.4 Å². The van der Waals surface area contributed by atoms with Crippen LogP contribution in [0.15, 0.2) is 18.2 Å². The Kier molecular flexibility index (Phi) is 3.32. The van der Waals surface area contributed by atoms with E-state index in [1.165, 1.54) is 0 Å². The number of nitrogens with zero attached hydrogens (tertiary/aromatic N) is 1. The molecule has 1 aromatic rings. The Hall–Kier alpha value is -1.52. The number of anilines is 1. The minimum absolute atomic E-state index is 0.352. The van der Waals surface area contributed by atoms with Crippen molar-refractivity contribution in [2.24, 2.45) is 11.8 Å². The highest BCUT2D eigenvalue weighted by Gasteiger charge is 2.56. The highest BCUT2D eigenvalue weighted by atomic mass is 19.4. The molecule has 4 rings (SSSR count). The Bertz CT molecular complexity index is 690. The van der Waals surface area contributed by atoms with Crippen molar-refractivity contribution in [2.75, 3.05) is 11.4 Å². The van der Waals surface area contributed by atoms with Crippen LogP contribution in [0.3, 0.4) is 0 Å². The molecule has 3 aliphatic rings. The summed E-state index contributed by atoms with van der Waals surface area (Å²) in [6.45, 7) is 3.18. The van der Waals surface area contributed by atoms with Crippen molar-refractivity contribution < 1.29 is 18.0 Å². The third-order valence-corrected chi connectivity index (χ3v) is 6.15. The van der Waals surface area contributed by atoms with Gasteiger partial charge in [0.05, 0.1) is 5.41 Å². The summed E-state index contributed by atoms with van der Waals surface area (Å²) < 4.78 is 39.0. The molecule has 2 aliphatic carbocycles. The van der Waals surface area contributed by atoms with Crippen LogP contribution in [0, 0.1) is 11.8 Å². The Labute approximate surface area is 140 Å². The molecule has 0 bridgehead atoms. The van der Waals surface area contributed by atoms with Crippen molar-refractivity contribution in [3.8, 4) is 0 Å². The van der Waals surface area contributed by atoms with Crippen molar-refractivity contribution in [1.29, 1.82) is 0 Å². The lowest BCUT2D eigenvalue weighted by Gasteiger charge is -2.37. The van der Waals surface area contributed by atoms with Gasteiger partial charge in [-0.2, -0.15) is 13.2 Å². The van der Waals surface area contributed by atoms with Gasteiger partial charge in [-0.15, -0.1) is 0 Å². The van der Waals surface area contributed by atoms with Crippen LogP contribution in [0.5, 0.6) is 0 Å². The summed E-state index contributed by atoms with van der Waals surface area (Å²) in [4.78, 5) is 13.7. The lowest BCUT2D eigenvalue weighted by molar-refractivity contribution is -0.136. The van der Waals surface area contributed by atoms with Crippen LogP contribution in [0.1, 0.15) is 56.6 Å². The number of hydrogen-bond acceptors (Lipinski definition) is 1. The second-order valence-electron chi connectivity index (χ2n) is 7.97. The average molecular weight is 337 g/mol. The van der Waals surface area contributed by atoms with E-state index in [0.29, 0.717) is 36.3 Å². The van der Waals surface area contributed by atoms with E-state index in [0.717, 1.165) is 28.9 Å². The largest absolute Gasteiger partial charge is 0.406 e. The van der Waals surface area contributed by atoms with Gasteiger partial charge in [0, 0.05) is 5.69 Å². The van der Waals surface area contributed by atoms with E-state index in [1.54, 1.807) is 0 Å². The Morgan fingerprint density at radius 3 is 2.50 bits per heavy atom. The molecular formula is C19H22F3NO. The van der Waals surface area contributed by atoms with Crippen LogP contribution in [-0.4, -0.2) is 18.6 Å². The van der Waals surface area contributed by atoms with Crippen LogP contribution in [0.2, 0.25) is 0 Å². The molecule has 5 heteroatoms. The van der Waals surface area contributed by atoms with Gasteiger partial charge in [0.2, 0.25) is 5.91 Å². The van der Waals surface area contributed by atoms with E-state index in [-0.39, 0.29) is 5.91 Å². The van der Waals surface area contributed by atoms with Crippen molar-refractivity contribution in [1.82, 2.24) is 0 Å². The SMILES string of the molecule is CC(C)[C@H]1C[C@@H]1c1ccc2c(c1)N(CC(F)(F)F)C(=O)C21CCC1. The molecule has 1 aromatic carbocycles. The molecule has 2 atom stereocenters. The predicted molar refractivity (Wildman–Crippen MR) is 86.1 cm³/mol. The molecule has 130 valence electrons. The average Bonchev–Trinajstić information content (AvgIpc) is 3.19. The number of fused-ring (bicyclic) bond motifs is 2. The summed E-state index contributed by atoms with van der Waals surface area (Å²) in [6, 6.07) is 5.82. The molecule has 1 aliphatic heterocycles. The number of amides is 1. The van der Waals surface area contributed by atoms with Crippen LogP contribution in [-0.2, 0) is 10.2 Å². The van der Waals surface area contributed by atoms with Gasteiger partial charge < -0.3 is 4.90 Å². The van der Waals surface area contributed by atoms with Gasteiger partial charge in [0.25, 0.3) is 0 Å². The smallest absolute Gasteiger partial charge is 0.302 e. The normalized spacial score (nSPS) is 27.6. The van der Waals surface area contributed by atoms with E-state index < -0.39 is 18.1 Å². The fraction of sp³-hybridized carbons (Fsp3) is 0.632. The van der Waals surface area contributed by atoms with Crippen molar-refractivity contribution >= 4 is 11.6 Å². The van der Waals surface area contributed by atoms with Gasteiger partial charge >= 0.3 is 6.18 Å². The predicted octanol–water partition coefficient (Wildman–Crippen LogP) is 4.78. The Balaban J connectivity index is 1.72. The van der Waals surface area contributed by atoms with E-state index in [9.17, 15) is 18.0 Å². The minimum Gasteiger partial charge on any atom is -0.302 e. The zero-order chi connectivity index (χ0) is 17.3. The summed E-state index contributed by atoms with van der Waals surface area (Å²) >= 11 is 0. The van der Waals surface area contributed by atoms with Crippen LogP contribution < -0.4 is 4.90 Å². The zero-order valence-electron chi connectivity index (χ0n) is 14.0. The van der Waals surface area contributed by atoms with Crippen LogP contribution in [0.25, 0.3) is 0 Å². The maximum atomic E-state index is 13.0. The van der Waals surface area contributed by atoms with Gasteiger partial charge in [0.1, 0.15) is 6.54 Å². The second kappa shape index (κ2) is 4.99. The molecule has 0 aromatic heterocycles. The van der Waals surface area contributed by atoms with Crippen molar-refractivity contribution in [3.63, 3.8) is 0 Å². The Morgan fingerprint density at radius 2 is 2.00 bits per heavy atom. The summed E-state index contributed by atoms with van der Waals surface area (Å²) in [5.41, 5.74) is 1.72. The van der Waals surface area contributed by atoms with E-state index in [2.05, 4.69) is 13.8 Å². The van der Waals surface area contributed by atoms with E-state index in [4.69, 9.17) is 0 Å². The molecule has 1 spiro atoms. The number of halogens is 3. The lowest BCUT2D eigenvalue weighted by atomic mass is 9.65. The second-order valence-corrected chi connectivity index (χ2v) is 7.97. The number of alkyl halides is 3. The maximum Gasteiger partial charge on any atom is 0.406 e. The topological polar surface area (TPSA) is 20.3 Å². The molecule has 1 heterocycles. The molecule has 0 N–H and O–H groups in total. The zero-order valence-corrected chi connectivity index (χ0v) is 14.0. The van der Waals surface area contributed by atoms with E-state index >= 15 is 0 Å². The van der Waals surface area contributed by atoms with Crippen molar-refractivity contribution in [3.05, 3.63) is 29.3 Å². The first-order valence-electron chi connectivity index (χ1n) is 8.76. The lowest BCUT2D eigenvalue weighted by Crippen LogP contribution is -2.47. The van der Waals surface area contributed by atoms with Crippen LogP contribution in [0.4, 0.5) is 18.9 Å². The third kappa shape index (κ3) is 2.27. The molecular weight excluding hydrogens is 315 g/mol. The summed E-state index contributed by atoms with van der Waals surface area (Å²) in [7, 11) is 0. The number of benzene rings is 1. The van der Waals surface area contributed by atoms with Gasteiger partial charge in [-0.25, -0.2) is 0 Å². The number of rotatable bonds is 3. The van der Waals surface area contributed by atoms with E-state index in [1.807, 2.05) is 18.2 Å². The fourth-order valence-electron chi connectivity index (χ4n) is 4.57.